The number of aliphatic hydroxyl groups excluding tert-OH is 2. The van der Waals surface area contributed by atoms with Crippen LogP contribution >= 0.6 is 11.6 Å². The fourth-order valence-corrected chi connectivity index (χ4v) is 2.95. The van der Waals surface area contributed by atoms with Gasteiger partial charge in [0.25, 0.3) is 0 Å². The highest BCUT2D eigenvalue weighted by molar-refractivity contribution is 6.21. The van der Waals surface area contributed by atoms with Crippen molar-refractivity contribution < 1.29 is 15.0 Å². The molecule has 1 aliphatic carbocycles. The van der Waals surface area contributed by atoms with E-state index in [1.54, 1.807) is 18.2 Å². The van der Waals surface area contributed by atoms with Crippen molar-refractivity contribution in [2.45, 2.75) is 18.6 Å². The van der Waals surface area contributed by atoms with Gasteiger partial charge < -0.3 is 10.2 Å². The van der Waals surface area contributed by atoms with E-state index in [4.69, 9.17) is 11.6 Å². The Morgan fingerprint density at radius 1 is 0.952 bits per heavy atom. The van der Waals surface area contributed by atoms with Crippen LogP contribution in [0.2, 0.25) is 0 Å². The van der Waals surface area contributed by atoms with Gasteiger partial charge in [0.05, 0.1) is 6.10 Å². The number of benzene rings is 2. The summed E-state index contributed by atoms with van der Waals surface area (Å²) in [7, 11) is 0. The largest absolute Gasteiger partial charge is 0.390 e. The molecule has 0 radical (unpaired) electrons. The van der Waals surface area contributed by atoms with Crippen molar-refractivity contribution in [2.75, 3.05) is 5.88 Å². The van der Waals surface area contributed by atoms with Crippen LogP contribution in [-0.4, -0.2) is 28.0 Å². The summed E-state index contributed by atoms with van der Waals surface area (Å²) >= 11 is 5.58. The smallest absolute Gasteiger partial charge is 0.194 e. The van der Waals surface area contributed by atoms with Crippen molar-refractivity contribution in [2.24, 2.45) is 0 Å². The lowest BCUT2D eigenvalue weighted by Crippen LogP contribution is -2.18. The number of alkyl halides is 1. The van der Waals surface area contributed by atoms with Gasteiger partial charge in [0.2, 0.25) is 0 Å². The van der Waals surface area contributed by atoms with Crippen molar-refractivity contribution in [3.63, 3.8) is 0 Å². The molecule has 4 heteroatoms. The van der Waals surface area contributed by atoms with Crippen molar-refractivity contribution in [1.29, 1.82) is 0 Å². The zero-order valence-corrected chi connectivity index (χ0v) is 12.0. The predicted molar refractivity (Wildman–Crippen MR) is 81.6 cm³/mol. The second-order valence-electron chi connectivity index (χ2n) is 5.17. The molecular formula is C17H15ClO3. The molecule has 2 atom stereocenters. The molecule has 108 valence electrons. The van der Waals surface area contributed by atoms with E-state index in [0.717, 1.165) is 11.1 Å². The first-order valence-corrected chi connectivity index (χ1v) is 7.37. The monoisotopic (exact) mass is 302 g/mol. The second kappa shape index (κ2) is 5.60. The van der Waals surface area contributed by atoms with Crippen LogP contribution in [0.1, 0.15) is 34.0 Å². The molecule has 2 N–H and O–H groups in total. The number of fused-ring (bicyclic) bond motifs is 3. The molecule has 0 bridgehead atoms. The highest BCUT2D eigenvalue weighted by atomic mass is 35.5. The molecule has 0 fully saturated rings. The summed E-state index contributed by atoms with van der Waals surface area (Å²) in [6.45, 7) is 0. The Balaban J connectivity index is 1.99. The molecule has 0 saturated heterocycles. The van der Waals surface area contributed by atoms with Crippen molar-refractivity contribution in [3.05, 3.63) is 59.2 Å². The van der Waals surface area contributed by atoms with Crippen LogP contribution in [-0.2, 0) is 0 Å². The second-order valence-corrected chi connectivity index (χ2v) is 5.55. The van der Waals surface area contributed by atoms with Crippen molar-refractivity contribution >= 4 is 17.4 Å². The number of hydrogen-bond acceptors (Lipinski definition) is 3. The molecule has 2 aromatic rings. The third kappa shape index (κ3) is 2.38. The topological polar surface area (TPSA) is 57.5 Å². The Morgan fingerprint density at radius 2 is 1.62 bits per heavy atom. The van der Waals surface area contributed by atoms with Crippen LogP contribution in [0.5, 0.6) is 0 Å². The van der Waals surface area contributed by atoms with Crippen molar-refractivity contribution in [1.82, 2.24) is 0 Å². The Labute approximate surface area is 127 Å². The molecule has 2 aromatic carbocycles. The maximum Gasteiger partial charge on any atom is 0.194 e. The third-order valence-corrected chi connectivity index (χ3v) is 4.08. The molecule has 0 heterocycles. The van der Waals surface area contributed by atoms with E-state index in [2.05, 4.69) is 0 Å². The molecule has 0 saturated carbocycles. The Morgan fingerprint density at radius 3 is 2.33 bits per heavy atom. The molecule has 2 unspecified atom stereocenters. The molecular weight excluding hydrogens is 288 g/mol. The molecule has 21 heavy (non-hydrogen) atoms. The standard InChI is InChI=1S/C17H15ClO3/c18-8-7-15(19)16(20)10-5-6-12-11-3-1-2-4-13(11)17(21)14(12)9-10/h1-6,9,15-16,19-20H,7-8H2. The molecule has 3 nitrogen and oxygen atoms in total. The number of rotatable bonds is 4. The Hall–Kier alpha value is -1.68. The maximum absolute atomic E-state index is 12.4. The summed E-state index contributed by atoms with van der Waals surface area (Å²) < 4.78 is 0. The van der Waals surface area contributed by atoms with Gasteiger partial charge in [0.1, 0.15) is 6.10 Å². The van der Waals surface area contributed by atoms with Gasteiger partial charge in [-0.1, -0.05) is 36.4 Å². The molecule has 3 rings (SSSR count). The van der Waals surface area contributed by atoms with E-state index < -0.39 is 12.2 Å². The van der Waals surface area contributed by atoms with Gasteiger partial charge in [-0.3, -0.25) is 4.79 Å². The number of ketones is 1. The average Bonchev–Trinajstić information content (AvgIpc) is 2.80. The normalized spacial score (nSPS) is 15.5. The van der Waals surface area contributed by atoms with E-state index in [-0.39, 0.29) is 11.7 Å². The van der Waals surface area contributed by atoms with E-state index in [0.29, 0.717) is 23.1 Å². The summed E-state index contributed by atoms with van der Waals surface area (Å²) in [5.41, 5.74) is 3.58. The lowest BCUT2D eigenvalue weighted by molar-refractivity contribution is 0.0170. The molecule has 0 spiro atoms. The summed E-state index contributed by atoms with van der Waals surface area (Å²) in [6.07, 6.45) is -1.67. The van der Waals surface area contributed by atoms with E-state index >= 15 is 0 Å². The first-order chi connectivity index (χ1) is 10.1. The maximum atomic E-state index is 12.4. The summed E-state index contributed by atoms with van der Waals surface area (Å²) in [5, 5.41) is 20.0. The van der Waals surface area contributed by atoms with Gasteiger partial charge in [-0.15, -0.1) is 11.6 Å². The highest BCUT2D eigenvalue weighted by Gasteiger charge is 2.28. The van der Waals surface area contributed by atoms with Crippen LogP contribution in [0.25, 0.3) is 11.1 Å². The lowest BCUT2D eigenvalue weighted by Gasteiger charge is -2.17. The minimum Gasteiger partial charge on any atom is -0.390 e. The summed E-state index contributed by atoms with van der Waals surface area (Å²) in [4.78, 5) is 12.4. The van der Waals surface area contributed by atoms with Gasteiger partial charge in [-0.2, -0.15) is 0 Å². The van der Waals surface area contributed by atoms with Crippen LogP contribution in [0.4, 0.5) is 0 Å². The van der Waals surface area contributed by atoms with Gasteiger partial charge >= 0.3 is 0 Å². The zero-order chi connectivity index (χ0) is 15.0. The Bertz CT molecular complexity index is 696. The number of halogens is 1. The molecule has 0 amide bonds. The SMILES string of the molecule is O=C1c2ccccc2-c2ccc(C(O)C(O)CCCl)cc21. The molecule has 0 aliphatic heterocycles. The average molecular weight is 303 g/mol. The fraction of sp³-hybridized carbons (Fsp3) is 0.235. The Kier molecular flexibility index (Phi) is 3.81. The van der Waals surface area contributed by atoms with Gasteiger partial charge in [-0.25, -0.2) is 0 Å². The van der Waals surface area contributed by atoms with Gasteiger partial charge in [0, 0.05) is 17.0 Å². The lowest BCUT2D eigenvalue weighted by atomic mass is 9.97. The highest BCUT2D eigenvalue weighted by Crippen LogP contribution is 2.37. The first kappa shape index (κ1) is 14.3. The van der Waals surface area contributed by atoms with Gasteiger partial charge in [0.15, 0.2) is 5.78 Å². The third-order valence-electron chi connectivity index (χ3n) is 3.86. The zero-order valence-electron chi connectivity index (χ0n) is 11.3. The van der Waals surface area contributed by atoms with Crippen LogP contribution in [0.15, 0.2) is 42.5 Å². The summed E-state index contributed by atoms with van der Waals surface area (Å²) in [6, 6.07) is 12.7. The van der Waals surface area contributed by atoms with Crippen LogP contribution in [0.3, 0.4) is 0 Å². The number of hydrogen-bond donors (Lipinski definition) is 2. The van der Waals surface area contributed by atoms with Crippen LogP contribution < -0.4 is 0 Å². The predicted octanol–water partition coefficient (Wildman–Crippen LogP) is 2.92. The minimum atomic E-state index is -1.04. The van der Waals surface area contributed by atoms with Crippen LogP contribution in [0, 0.1) is 0 Å². The molecule has 0 aromatic heterocycles. The van der Waals surface area contributed by atoms with E-state index in [1.807, 2.05) is 24.3 Å². The number of aliphatic hydroxyl groups is 2. The fourth-order valence-electron chi connectivity index (χ4n) is 2.72. The molecule has 1 aliphatic rings. The van der Waals surface area contributed by atoms with E-state index in [9.17, 15) is 15.0 Å². The summed E-state index contributed by atoms with van der Waals surface area (Å²) in [5.74, 6) is 0.231. The van der Waals surface area contributed by atoms with Gasteiger partial charge in [-0.05, 0) is 29.2 Å². The number of carbonyl (C=O) groups excluding carboxylic acids is 1. The quantitative estimate of drug-likeness (QED) is 0.729. The minimum absolute atomic E-state index is 0.0403. The first-order valence-electron chi connectivity index (χ1n) is 6.83. The number of carbonyl (C=O) groups is 1. The van der Waals surface area contributed by atoms with E-state index in [1.165, 1.54) is 0 Å². The van der Waals surface area contributed by atoms with Crippen molar-refractivity contribution in [3.8, 4) is 11.1 Å².